The number of aromatic nitrogens is 3. The Labute approximate surface area is 168 Å². The van der Waals surface area contributed by atoms with Crippen LogP contribution in [0.15, 0.2) is 51.7 Å². The molecule has 2 aromatic heterocycles. The highest BCUT2D eigenvalue weighted by Crippen LogP contribution is 2.51. The van der Waals surface area contributed by atoms with Gasteiger partial charge in [0.05, 0.1) is 24.0 Å². The summed E-state index contributed by atoms with van der Waals surface area (Å²) in [5, 5.41) is 8.92. The summed E-state index contributed by atoms with van der Waals surface area (Å²) in [6.07, 6.45) is 6.35. The van der Waals surface area contributed by atoms with Gasteiger partial charge in [-0.25, -0.2) is 0 Å². The first-order chi connectivity index (χ1) is 13.0. The zero-order valence-electron chi connectivity index (χ0n) is 16.0. The topological polar surface area (TPSA) is 47.1 Å². The number of hydrogen-bond acceptors (Lipinski definition) is 4. The molecule has 1 aliphatic carbocycles. The molecule has 0 bridgehead atoms. The normalized spacial score (nSPS) is 16.6. The Morgan fingerprint density at radius 3 is 2.67 bits per heavy atom. The second kappa shape index (κ2) is 7.24. The van der Waals surface area contributed by atoms with Crippen LogP contribution in [0.1, 0.15) is 31.0 Å². The lowest BCUT2D eigenvalue weighted by Gasteiger charge is -2.28. The minimum atomic E-state index is -0.122. The second-order valence-corrected chi connectivity index (χ2v) is 8.77. The predicted octanol–water partition coefficient (Wildman–Crippen LogP) is 4.58. The standard InChI is InChI=1S/C21H25BrN4O/c1-21(16-4-5-16,17-6-8-18(22)9-7-17)20-12-19(27-24-20)15-13-23-26(14-15)11-10-25(2)3/h6-9,12-14,16H,4-5,10-11H2,1-3H3. The first-order valence-corrected chi connectivity index (χ1v) is 10.2. The molecule has 4 rings (SSSR count). The van der Waals surface area contributed by atoms with E-state index in [4.69, 9.17) is 4.52 Å². The number of hydrogen-bond donors (Lipinski definition) is 0. The van der Waals surface area contributed by atoms with Crippen molar-refractivity contribution in [1.29, 1.82) is 0 Å². The van der Waals surface area contributed by atoms with E-state index in [1.54, 1.807) is 0 Å². The summed E-state index contributed by atoms with van der Waals surface area (Å²) < 4.78 is 8.78. The van der Waals surface area contributed by atoms with Gasteiger partial charge in [-0.05, 0) is 57.5 Å². The number of benzene rings is 1. The summed E-state index contributed by atoms with van der Waals surface area (Å²) in [6, 6.07) is 10.7. The third-order valence-corrected chi connectivity index (χ3v) is 6.10. The van der Waals surface area contributed by atoms with Crippen molar-refractivity contribution in [1.82, 2.24) is 19.8 Å². The molecule has 1 unspecified atom stereocenters. The van der Waals surface area contributed by atoms with Crippen molar-refractivity contribution in [2.75, 3.05) is 20.6 Å². The van der Waals surface area contributed by atoms with Crippen molar-refractivity contribution in [2.24, 2.45) is 5.92 Å². The maximum Gasteiger partial charge on any atom is 0.170 e. The summed E-state index contributed by atoms with van der Waals surface area (Å²) >= 11 is 3.53. The molecule has 0 aliphatic heterocycles. The van der Waals surface area contributed by atoms with Crippen LogP contribution in [0.4, 0.5) is 0 Å². The maximum atomic E-state index is 5.74. The largest absolute Gasteiger partial charge is 0.356 e. The lowest BCUT2D eigenvalue weighted by Crippen LogP contribution is -2.26. The number of halogens is 1. The zero-order valence-corrected chi connectivity index (χ0v) is 17.6. The molecule has 142 valence electrons. The van der Waals surface area contributed by atoms with Gasteiger partial charge in [0.2, 0.25) is 0 Å². The molecule has 0 amide bonds. The van der Waals surface area contributed by atoms with Crippen LogP contribution >= 0.6 is 15.9 Å². The van der Waals surface area contributed by atoms with Gasteiger partial charge < -0.3 is 9.42 Å². The molecule has 1 aliphatic rings. The van der Waals surface area contributed by atoms with E-state index >= 15 is 0 Å². The lowest BCUT2D eigenvalue weighted by molar-refractivity contribution is 0.373. The molecular formula is C21H25BrN4O. The molecular weight excluding hydrogens is 404 g/mol. The Morgan fingerprint density at radius 2 is 2.00 bits per heavy atom. The molecule has 0 saturated heterocycles. The number of likely N-dealkylation sites (N-methyl/N-ethyl adjacent to an activating group) is 1. The van der Waals surface area contributed by atoms with Crippen LogP contribution in [0, 0.1) is 5.92 Å². The molecule has 1 fully saturated rings. The van der Waals surface area contributed by atoms with E-state index in [2.05, 4.69) is 82.4 Å². The molecule has 27 heavy (non-hydrogen) atoms. The molecule has 1 aromatic carbocycles. The molecule has 6 heteroatoms. The SMILES string of the molecule is CN(C)CCn1cc(-c2cc(C(C)(c3ccc(Br)cc3)C3CC3)no2)cn1. The summed E-state index contributed by atoms with van der Waals surface area (Å²) in [4.78, 5) is 2.15. The fourth-order valence-electron chi connectivity index (χ4n) is 3.62. The Kier molecular flexibility index (Phi) is 4.95. The average molecular weight is 429 g/mol. The fourth-order valence-corrected chi connectivity index (χ4v) is 3.89. The average Bonchev–Trinajstić information content (AvgIpc) is 3.20. The minimum Gasteiger partial charge on any atom is -0.356 e. The molecule has 1 saturated carbocycles. The Morgan fingerprint density at radius 1 is 1.26 bits per heavy atom. The first kappa shape index (κ1) is 18.4. The van der Waals surface area contributed by atoms with Crippen molar-refractivity contribution in [2.45, 2.75) is 31.7 Å². The smallest absolute Gasteiger partial charge is 0.170 e. The van der Waals surface area contributed by atoms with Crippen LogP contribution in [0.25, 0.3) is 11.3 Å². The van der Waals surface area contributed by atoms with E-state index in [0.29, 0.717) is 5.92 Å². The quantitative estimate of drug-likeness (QED) is 0.552. The van der Waals surface area contributed by atoms with Gasteiger partial charge in [-0.2, -0.15) is 5.10 Å². The van der Waals surface area contributed by atoms with Crippen molar-refractivity contribution >= 4 is 15.9 Å². The van der Waals surface area contributed by atoms with Crippen molar-refractivity contribution in [3.63, 3.8) is 0 Å². The van der Waals surface area contributed by atoms with Crippen molar-refractivity contribution in [3.05, 3.63) is 58.5 Å². The highest BCUT2D eigenvalue weighted by Gasteiger charge is 2.46. The third kappa shape index (κ3) is 3.73. The Balaban J connectivity index is 1.61. The van der Waals surface area contributed by atoms with E-state index in [0.717, 1.165) is 34.6 Å². The van der Waals surface area contributed by atoms with E-state index < -0.39 is 0 Å². The van der Waals surface area contributed by atoms with Crippen LogP contribution in [-0.2, 0) is 12.0 Å². The van der Waals surface area contributed by atoms with E-state index in [-0.39, 0.29) is 5.41 Å². The Bertz CT molecular complexity index is 910. The molecule has 2 heterocycles. The second-order valence-electron chi connectivity index (χ2n) is 7.86. The molecule has 5 nitrogen and oxygen atoms in total. The van der Waals surface area contributed by atoms with Gasteiger partial charge in [-0.15, -0.1) is 0 Å². The highest BCUT2D eigenvalue weighted by atomic mass is 79.9. The summed E-state index contributed by atoms with van der Waals surface area (Å²) in [5.41, 5.74) is 3.14. The van der Waals surface area contributed by atoms with Gasteiger partial charge in [-0.3, -0.25) is 4.68 Å². The molecule has 1 atom stereocenters. The first-order valence-electron chi connectivity index (χ1n) is 9.37. The third-order valence-electron chi connectivity index (χ3n) is 5.57. The van der Waals surface area contributed by atoms with E-state index in [1.807, 2.05) is 17.1 Å². The van der Waals surface area contributed by atoms with Crippen LogP contribution in [-0.4, -0.2) is 40.5 Å². The lowest BCUT2D eigenvalue weighted by atomic mass is 9.75. The van der Waals surface area contributed by atoms with Gasteiger partial charge in [0.1, 0.15) is 0 Å². The van der Waals surface area contributed by atoms with Gasteiger partial charge in [0, 0.05) is 28.7 Å². The van der Waals surface area contributed by atoms with Crippen molar-refractivity contribution < 1.29 is 4.52 Å². The van der Waals surface area contributed by atoms with E-state index in [1.165, 1.54) is 18.4 Å². The van der Waals surface area contributed by atoms with Crippen LogP contribution in [0.3, 0.4) is 0 Å². The monoisotopic (exact) mass is 428 g/mol. The minimum absolute atomic E-state index is 0.122. The molecule has 0 radical (unpaired) electrons. The highest BCUT2D eigenvalue weighted by molar-refractivity contribution is 9.10. The van der Waals surface area contributed by atoms with Gasteiger partial charge in [0.25, 0.3) is 0 Å². The summed E-state index contributed by atoms with van der Waals surface area (Å²) in [6.45, 7) is 4.09. The predicted molar refractivity (Wildman–Crippen MR) is 110 cm³/mol. The summed E-state index contributed by atoms with van der Waals surface area (Å²) in [5.74, 6) is 1.39. The van der Waals surface area contributed by atoms with Gasteiger partial charge >= 0.3 is 0 Å². The molecule has 0 N–H and O–H groups in total. The zero-order chi connectivity index (χ0) is 19.0. The van der Waals surface area contributed by atoms with Gasteiger partial charge in [-0.1, -0.05) is 33.2 Å². The van der Waals surface area contributed by atoms with E-state index in [9.17, 15) is 0 Å². The van der Waals surface area contributed by atoms with Gasteiger partial charge in [0.15, 0.2) is 5.76 Å². The Hall–Kier alpha value is -1.92. The molecule has 3 aromatic rings. The van der Waals surface area contributed by atoms with Crippen LogP contribution < -0.4 is 0 Å². The fraction of sp³-hybridized carbons (Fsp3) is 0.429. The maximum absolute atomic E-state index is 5.74. The van der Waals surface area contributed by atoms with Crippen LogP contribution in [0.2, 0.25) is 0 Å². The number of rotatable bonds is 7. The molecule has 0 spiro atoms. The number of nitrogens with zero attached hydrogens (tertiary/aromatic N) is 4. The van der Waals surface area contributed by atoms with Crippen molar-refractivity contribution in [3.8, 4) is 11.3 Å². The summed E-state index contributed by atoms with van der Waals surface area (Å²) in [7, 11) is 4.13. The van der Waals surface area contributed by atoms with Crippen LogP contribution in [0.5, 0.6) is 0 Å².